The van der Waals surface area contributed by atoms with Crippen molar-refractivity contribution < 1.29 is 23.1 Å². The van der Waals surface area contributed by atoms with Crippen LogP contribution in [-0.4, -0.2) is 34.2 Å². The van der Waals surface area contributed by atoms with Crippen molar-refractivity contribution in [3.05, 3.63) is 53.5 Å². The molecule has 8 heteroatoms. The molecule has 1 atom stereocenters. The van der Waals surface area contributed by atoms with Gasteiger partial charge >= 0.3 is 0 Å². The van der Waals surface area contributed by atoms with Gasteiger partial charge in [0.1, 0.15) is 5.78 Å². The van der Waals surface area contributed by atoms with Crippen LogP contribution in [0.1, 0.15) is 61.3 Å². The van der Waals surface area contributed by atoms with E-state index < -0.39 is 12.5 Å². The summed E-state index contributed by atoms with van der Waals surface area (Å²) in [5, 5.41) is 2.84. The lowest BCUT2D eigenvalue weighted by Gasteiger charge is -2.15. The lowest BCUT2D eigenvalue weighted by Crippen LogP contribution is -2.27. The number of pyridine rings is 2. The van der Waals surface area contributed by atoms with Gasteiger partial charge in [-0.25, -0.2) is 13.8 Å². The van der Waals surface area contributed by atoms with Crippen molar-refractivity contribution >= 4 is 11.7 Å². The third-order valence-electron chi connectivity index (χ3n) is 4.07. The molecule has 156 valence electrons. The molecule has 0 saturated carbocycles. The SMILES string of the molecule is CCCC(=O)Cc1cc(C(=O)NC(C)c2ccc(OCC(C)(F)F)nc2)ccn1. The van der Waals surface area contributed by atoms with Crippen molar-refractivity contribution in [1.29, 1.82) is 0 Å². The molecule has 0 aliphatic heterocycles. The molecule has 0 bridgehead atoms. The molecule has 2 rings (SSSR count). The Bertz CT molecular complexity index is 836. The zero-order valence-corrected chi connectivity index (χ0v) is 16.7. The molecule has 0 aromatic carbocycles. The van der Waals surface area contributed by atoms with Crippen LogP contribution >= 0.6 is 0 Å². The quantitative estimate of drug-likeness (QED) is 0.648. The van der Waals surface area contributed by atoms with Crippen LogP contribution in [-0.2, 0) is 11.2 Å². The normalized spacial score (nSPS) is 12.3. The molecule has 1 N–H and O–H groups in total. The fourth-order valence-corrected chi connectivity index (χ4v) is 2.58. The second kappa shape index (κ2) is 10.0. The zero-order chi connectivity index (χ0) is 21.4. The van der Waals surface area contributed by atoms with Crippen molar-refractivity contribution in [2.75, 3.05) is 6.61 Å². The third kappa shape index (κ3) is 7.56. The number of nitrogens with one attached hydrogen (secondary N) is 1. The Hall–Kier alpha value is -2.90. The van der Waals surface area contributed by atoms with Gasteiger partial charge in [0.05, 0.1) is 6.04 Å². The molecule has 2 aromatic rings. The van der Waals surface area contributed by atoms with Crippen molar-refractivity contribution in [3.63, 3.8) is 0 Å². The van der Waals surface area contributed by atoms with Gasteiger partial charge in [0, 0.05) is 49.5 Å². The van der Waals surface area contributed by atoms with Gasteiger partial charge in [0.2, 0.25) is 5.88 Å². The number of alkyl halides is 2. The Morgan fingerprint density at radius 2 is 2.00 bits per heavy atom. The zero-order valence-electron chi connectivity index (χ0n) is 16.7. The van der Waals surface area contributed by atoms with Gasteiger partial charge in [-0.15, -0.1) is 0 Å². The summed E-state index contributed by atoms with van der Waals surface area (Å²) < 4.78 is 30.6. The van der Waals surface area contributed by atoms with E-state index in [-0.39, 0.29) is 30.0 Å². The largest absolute Gasteiger partial charge is 0.471 e. The standard InChI is InChI=1S/C21H25F2N3O3/c1-4-5-18(27)11-17-10-15(8-9-24-17)20(28)26-14(2)16-6-7-19(25-12-16)29-13-21(3,22)23/h6-10,12,14H,4-5,11,13H2,1-3H3,(H,26,28). The van der Waals surface area contributed by atoms with Crippen LogP contribution in [0, 0.1) is 0 Å². The molecule has 0 radical (unpaired) electrons. The predicted molar refractivity (Wildman–Crippen MR) is 104 cm³/mol. The first-order chi connectivity index (χ1) is 13.7. The highest BCUT2D eigenvalue weighted by Crippen LogP contribution is 2.18. The Morgan fingerprint density at radius 1 is 1.24 bits per heavy atom. The number of halogens is 2. The van der Waals surface area contributed by atoms with E-state index in [4.69, 9.17) is 4.74 Å². The molecule has 2 heterocycles. The topological polar surface area (TPSA) is 81.2 Å². The smallest absolute Gasteiger partial charge is 0.278 e. The molecule has 2 aromatic heterocycles. The lowest BCUT2D eigenvalue weighted by molar-refractivity contribution is -0.118. The van der Waals surface area contributed by atoms with E-state index in [1.807, 2.05) is 6.92 Å². The fourth-order valence-electron chi connectivity index (χ4n) is 2.58. The van der Waals surface area contributed by atoms with Crippen LogP contribution in [0.5, 0.6) is 5.88 Å². The van der Waals surface area contributed by atoms with Crippen LogP contribution < -0.4 is 10.1 Å². The van der Waals surface area contributed by atoms with Gasteiger partial charge in [0.15, 0.2) is 6.61 Å². The summed E-state index contributed by atoms with van der Waals surface area (Å²) in [6, 6.07) is 5.96. The fraction of sp³-hybridized carbons (Fsp3) is 0.429. The molecule has 6 nitrogen and oxygen atoms in total. The molecule has 0 spiro atoms. The summed E-state index contributed by atoms with van der Waals surface area (Å²) in [4.78, 5) is 32.4. The van der Waals surface area contributed by atoms with Gasteiger partial charge in [-0.3, -0.25) is 14.6 Å². The van der Waals surface area contributed by atoms with Crippen molar-refractivity contribution in [2.24, 2.45) is 0 Å². The van der Waals surface area contributed by atoms with Crippen LogP contribution in [0.25, 0.3) is 0 Å². The number of amides is 1. The maximum Gasteiger partial charge on any atom is 0.278 e. The molecule has 29 heavy (non-hydrogen) atoms. The minimum atomic E-state index is -2.94. The Labute approximate surface area is 168 Å². The van der Waals surface area contributed by atoms with Crippen molar-refractivity contribution in [3.8, 4) is 5.88 Å². The first-order valence-corrected chi connectivity index (χ1v) is 9.42. The Balaban J connectivity index is 1.97. The molecule has 0 saturated heterocycles. The first-order valence-electron chi connectivity index (χ1n) is 9.42. The molecule has 0 fully saturated rings. The van der Waals surface area contributed by atoms with Gasteiger partial charge in [-0.2, -0.15) is 0 Å². The van der Waals surface area contributed by atoms with Crippen molar-refractivity contribution in [2.45, 2.75) is 52.0 Å². The van der Waals surface area contributed by atoms with Crippen LogP contribution in [0.15, 0.2) is 36.7 Å². The summed E-state index contributed by atoms with van der Waals surface area (Å²) in [5.41, 5.74) is 1.66. The number of aromatic nitrogens is 2. The van der Waals surface area contributed by atoms with E-state index in [1.165, 1.54) is 18.5 Å². The number of hydrogen-bond acceptors (Lipinski definition) is 5. The van der Waals surface area contributed by atoms with Crippen molar-refractivity contribution in [1.82, 2.24) is 15.3 Å². The molecule has 0 aliphatic carbocycles. The summed E-state index contributed by atoms with van der Waals surface area (Å²) in [6.07, 6.45) is 4.43. The highest BCUT2D eigenvalue weighted by atomic mass is 19.3. The van der Waals surface area contributed by atoms with Crippen LogP contribution in [0.3, 0.4) is 0 Å². The minimum absolute atomic E-state index is 0.0835. The highest BCUT2D eigenvalue weighted by Gasteiger charge is 2.22. The minimum Gasteiger partial charge on any atom is -0.471 e. The van der Waals surface area contributed by atoms with Crippen LogP contribution in [0.4, 0.5) is 8.78 Å². The number of ketones is 1. The summed E-state index contributed by atoms with van der Waals surface area (Å²) in [5.74, 6) is -3.08. The maximum atomic E-state index is 12.8. The third-order valence-corrected chi connectivity index (χ3v) is 4.07. The maximum absolute atomic E-state index is 12.8. The lowest BCUT2D eigenvalue weighted by atomic mass is 10.1. The monoisotopic (exact) mass is 405 g/mol. The van der Waals surface area contributed by atoms with Gasteiger partial charge in [-0.1, -0.05) is 13.0 Å². The number of carbonyl (C=O) groups excluding carboxylic acids is 2. The molecular formula is C21H25F2N3O3. The van der Waals surface area contributed by atoms with E-state index >= 15 is 0 Å². The van der Waals surface area contributed by atoms with Crippen LogP contribution in [0.2, 0.25) is 0 Å². The summed E-state index contributed by atoms with van der Waals surface area (Å²) in [6.45, 7) is 3.73. The highest BCUT2D eigenvalue weighted by molar-refractivity contribution is 5.94. The molecule has 0 aliphatic rings. The van der Waals surface area contributed by atoms with E-state index in [9.17, 15) is 18.4 Å². The summed E-state index contributed by atoms with van der Waals surface area (Å²) in [7, 11) is 0. The molecular weight excluding hydrogens is 380 g/mol. The number of Topliss-reactive ketones (excluding diaryl/α,β-unsaturated/α-hetero) is 1. The number of ether oxygens (including phenoxy) is 1. The van der Waals surface area contributed by atoms with Gasteiger partial charge in [0.25, 0.3) is 11.8 Å². The second-order valence-corrected chi connectivity index (χ2v) is 6.99. The van der Waals surface area contributed by atoms with Gasteiger partial charge < -0.3 is 10.1 Å². The molecule has 1 unspecified atom stereocenters. The van der Waals surface area contributed by atoms with E-state index in [0.717, 1.165) is 13.3 Å². The summed E-state index contributed by atoms with van der Waals surface area (Å²) >= 11 is 0. The first kappa shape index (κ1) is 22.4. The number of carbonyl (C=O) groups is 2. The number of rotatable bonds is 10. The van der Waals surface area contributed by atoms with E-state index in [2.05, 4.69) is 15.3 Å². The Kier molecular flexibility index (Phi) is 7.75. The average Bonchev–Trinajstić information content (AvgIpc) is 2.66. The number of hydrogen-bond donors (Lipinski definition) is 1. The average molecular weight is 405 g/mol. The predicted octanol–water partition coefficient (Wildman–Crippen LogP) is 3.91. The second-order valence-electron chi connectivity index (χ2n) is 6.99. The number of nitrogens with zero attached hydrogens (tertiary/aromatic N) is 2. The van der Waals surface area contributed by atoms with Gasteiger partial charge in [-0.05, 0) is 31.0 Å². The Morgan fingerprint density at radius 3 is 2.62 bits per heavy atom. The van der Waals surface area contributed by atoms with E-state index in [1.54, 1.807) is 25.1 Å². The molecule has 1 amide bonds. The van der Waals surface area contributed by atoms with E-state index in [0.29, 0.717) is 23.2 Å².